The Morgan fingerprint density at radius 1 is 0.955 bits per heavy atom. The van der Waals surface area contributed by atoms with Gasteiger partial charge in [0, 0.05) is 24.3 Å². The molecule has 3 heteroatoms. The van der Waals surface area contributed by atoms with Crippen molar-refractivity contribution in [2.45, 2.75) is 33.1 Å². The Morgan fingerprint density at radius 2 is 1.68 bits per heavy atom. The third kappa shape index (κ3) is 4.62. The summed E-state index contributed by atoms with van der Waals surface area (Å²) in [6.45, 7) is 4.86. The molecule has 1 amide bonds. The summed E-state index contributed by atoms with van der Waals surface area (Å²) in [6, 6.07) is 16.3. The smallest absolute Gasteiger partial charge is 0.226 e. The highest BCUT2D eigenvalue weighted by molar-refractivity contribution is 5.91. The number of rotatable bonds is 7. The number of carbonyl (C=O) groups excluding carboxylic acids is 1. The number of hydrogen-bond donors (Lipinski definition) is 2. The van der Waals surface area contributed by atoms with E-state index < -0.39 is 0 Å². The molecule has 0 fully saturated rings. The van der Waals surface area contributed by atoms with Crippen LogP contribution in [-0.4, -0.2) is 12.5 Å². The third-order valence-electron chi connectivity index (χ3n) is 3.72. The van der Waals surface area contributed by atoms with Crippen molar-refractivity contribution in [2.24, 2.45) is 0 Å². The lowest BCUT2D eigenvalue weighted by Gasteiger charge is -2.10. The van der Waals surface area contributed by atoms with E-state index in [9.17, 15) is 4.79 Å². The Balaban J connectivity index is 1.80. The van der Waals surface area contributed by atoms with Crippen LogP contribution in [0.1, 0.15) is 31.4 Å². The lowest BCUT2D eigenvalue weighted by atomic mass is 10.1. The SMILES string of the molecule is CCc1ccc(NCCC(=O)Nc2ccccc2CC)cc1. The Morgan fingerprint density at radius 3 is 2.36 bits per heavy atom. The van der Waals surface area contributed by atoms with Crippen LogP contribution in [0.4, 0.5) is 11.4 Å². The molecule has 0 saturated carbocycles. The van der Waals surface area contributed by atoms with Gasteiger partial charge in [0.1, 0.15) is 0 Å². The highest BCUT2D eigenvalue weighted by Crippen LogP contribution is 2.15. The average Bonchev–Trinajstić information content (AvgIpc) is 2.56. The lowest BCUT2D eigenvalue weighted by Crippen LogP contribution is -2.17. The molecule has 0 aliphatic heterocycles. The normalized spacial score (nSPS) is 10.3. The zero-order chi connectivity index (χ0) is 15.8. The molecule has 2 N–H and O–H groups in total. The minimum Gasteiger partial charge on any atom is -0.385 e. The van der Waals surface area contributed by atoms with Crippen LogP contribution in [0.15, 0.2) is 48.5 Å². The van der Waals surface area contributed by atoms with Gasteiger partial charge in [0.25, 0.3) is 0 Å². The van der Waals surface area contributed by atoms with E-state index in [0.717, 1.165) is 24.2 Å². The number of nitrogens with one attached hydrogen (secondary N) is 2. The summed E-state index contributed by atoms with van der Waals surface area (Å²) in [5.41, 5.74) is 4.46. The number of anilines is 2. The minimum atomic E-state index is 0.0404. The van der Waals surface area contributed by atoms with Crippen molar-refractivity contribution in [1.82, 2.24) is 0 Å². The molecular weight excluding hydrogens is 272 g/mol. The molecule has 2 aromatic carbocycles. The monoisotopic (exact) mass is 296 g/mol. The van der Waals surface area contributed by atoms with Crippen LogP contribution in [0, 0.1) is 0 Å². The van der Waals surface area contributed by atoms with Crippen molar-refractivity contribution < 1.29 is 4.79 Å². The van der Waals surface area contributed by atoms with Crippen molar-refractivity contribution in [3.05, 3.63) is 59.7 Å². The van der Waals surface area contributed by atoms with Gasteiger partial charge in [-0.15, -0.1) is 0 Å². The molecule has 2 aromatic rings. The van der Waals surface area contributed by atoms with Crippen LogP contribution in [0.25, 0.3) is 0 Å². The summed E-state index contributed by atoms with van der Waals surface area (Å²) in [5, 5.41) is 6.27. The molecule has 0 unspecified atom stereocenters. The summed E-state index contributed by atoms with van der Waals surface area (Å²) < 4.78 is 0. The van der Waals surface area contributed by atoms with E-state index in [1.807, 2.05) is 24.3 Å². The van der Waals surface area contributed by atoms with Gasteiger partial charge in [0.2, 0.25) is 5.91 Å². The second-order valence-corrected chi connectivity index (χ2v) is 5.29. The second kappa shape index (κ2) is 8.23. The molecular formula is C19H24N2O. The quantitative estimate of drug-likeness (QED) is 0.802. The van der Waals surface area contributed by atoms with E-state index in [1.54, 1.807) is 0 Å². The van der Waals surface area contributed by atoms with Gasteiger partial charge in [-0.3, -0.25) is 4.79 Å². The molecule has 0 radical (unpaired) electrons. The average molecular weight is 296 g/mol. The van der Waals surface area contributed by atoms with Gasteiger partial charge in [0.05, 0.1) is 0 Å². The predicted octanol–water partition coefficient (Wildman–Crippen LogP) is 4.25. The molecule has 3 nitrogen and oxygen atoms in total. The maximum absolute atomic E-state index is 12.0. The van der Waals surface area contributed by atoms with Gasteiger partial charge in [-0.05, 0) is 42.2 Å². The molecule has 0 saturated heterocycles. The van der Waals surface area contributed by atoms with E-state index in [2.05, 4.69) is 48.7 Å². The molecule has 0 aromatic heterocycles. The number of para-hydroxylation sites is 1. The van der Waals surface area contributed by atoms with Crippen LogP contribution < -0.4 is 10.6 Å². The van der Waals surface area contributed by atoms with Crippen LogP contribution >= 0.6 is 0 Å². The van der Waals surface area contributed by atoms with Crippen LogP contribution in [0.2, 0.25) is 0 Å². The Labute approximate surface area is 132 Å². The molecule has 0 spiro atoms. The Kier molecular flexibility index (Phi) is 6.01. The summed E-state index contributed by atoms with van der Waals surface area (Å²) in [7, 11) is 0. The molecule has 22 heavy (non-hydrogen) atoms. The number of amides is 1. The van der Waals surface area contributed by atoms with Gasteiger partial charge in [-0.1, -0.05) is 44.2 Å². The molecule has 0 aliphatic carbocycles. The molecule has 2 rings (SSSR count). The third-order valence-corrected chi connectivity index (χ3v) is 3.72. The van der Waals surface area contributed by atoms with Crippen molar-refractivity contribution in [3.8, 4) is 0 Å². The van der Waals surface area contributed by atoms with E-state index >= 15 is 0 Å². The van der Waals surface area contributed by atoms with Crippen molar-refractivity contribution in [3.63, 3.8) is 0 Å². The maximum Gasteiger partial charge on any atom is 0.226 e. The summed E-state index contributed by atoms with van der Waals surface area (Å²) in [4.78, 5) is 12.0. The van der Waals surface area contributed by atoms with E-state index in [0.29, 0.717) is 13.0 Å². The largest absolute Gasteiger partial charge is 0.385 e. The number of aryl methyl sites for hydroxylation is 2. The zero-order valence-corrected chi connectivity index (χ0v) is 13.4. The fraction of sp³-hybridized carbons (Fsp3) is 0.316. The lowest BCUT2D eigenvalue weighted by molar-refractivity contribution is -0.115. The van der Waals surface area contributed by atoms with Crippen molar-refractivity contribution in [2.75, 3.05) is 17.2 Å². The number of carbonyl (C=O) groups is 1. The van der Waals surface area contributed by atoms with Crippen LogP contribution in [0.3, 0.4) is 0 Å². The zero-order valence-electron chi connectivity index (χ0n) is 13.4. The van der Waals surface area contributed by atoms with E-state index in [-0.39, 0.29) is 5.91 Å². The van der Waals surface area contributed by atoms with Crippen molar-refractivity contribution >= 4 is 17.3 Å². The minimum absolute atomic E-state index is 0.0404. The fourth-order valence-corrected chi connectivity index (χ4v) is 2.34. The molecule has 0 heterocycles. The van der Waals surface area contributed by atoms with Gasteiger partial charge in [0.15, 0.2) is 0 Å². The van der Waals surface area contributed by atoms with E-state index in [1.165, 1.54) is 11.1 Å². The number of hydrogen-bond acceptors (Lipinski definition) is 2. The molecule has 0 bridgehead atoms. The van der Waals surface area contributed by atoms with Gasteiger partial charge in [-0.2, -0.15) is 0 Å². The van der Waals surface area contributed by atoms with Gasteiger partial charge < -0.3 is 10.6 Å². The van der Waals surface area contributed by atoms with Crippen LogP contribution in [-0.2, 0) is 17.6 Å². The summed E-state index contributed by atoms with van der Waals surface area (Å²) in [6.07, 6.45) is 2.41. The second-order valence-electron chi connectivity index (χ2n) is 5.29. The highest BCUT2D eigenvalue weighted by atomic mass is 16.1. The Hall–Kier alpha value is -2.29. The standard InChI is InChI=1S/C19H24N2O/c1-3-15-9-11-17(12-10-15)20-14-13-19(22)21-18-8-6-5-7-16(18)4-2/h5-12,20H,3-4,13-14H2,1-2H3,(H,21,22). The first kappa shape index (κ1) is 16.1. The topological polar surface area (TPSA) is 41.1 Å². The summed E-state index contributed by atoms with van der Waals surface area (Å²) in [5.74, 6) is 0.0404. The van der Waals surface area contributed by atoms with E-state index in [4.69, 9.17) is 0 Å². The highest BCUT2D eigenvalue weighted by Gasteiger charge is 2.05. The number of benzene rings is 2. The first-order valence-corrected chi connectivity index (χ1v) is 7.93. The molecule has 0 atom stereocenters. The molecule has 0 aliphatic rings. The van der Waals surface area contributed by atoms with Gasteiger partial charge >= 0.3 is 0 Å². The first-order valence-electron chi connectivity index (χ1n) is 7.93. The summed E-state index contributed by atoms with van der Waals surface area (Å²) >= 11 is 0. The van der Waals surface area contributed by atoms with Crippen molar-refractivity contribution in [1.29, 1.82) is 0 Å². The fourth-order valence-electron chi connectivity index (χ4n) is 2.34. The predicted molar refractivity (Wildman–Crippen MR) is 93.4 cm³/mol. The Bertz CT molecular complexity index is 605. The molecule has 116 valence electrons. The maximum atomic E-state index is 12.0. The van der Waals surface area contributed by atoms with Crippen LogP contribution in [0.5, 0.6) is 0 Å². The van der Waals surface area contributed by atoms with Gasteiger partial charge in [-0.25, -0.2) is 0 Å². The first-order chi connectivity index (χ1) is 10.7.